The maximum atomic E-state index is 12.6. The van der Waals surface area contributed by atoms with Crippen LogP contribution in [0.1, 0.15) is 50.0 Å². The maximum absolute atomic E-state index is 12.6. The third kappa shape index (κ3) is 2.84. The second kappa shape index (κ2) is 5.58. The van der Waals surface area contributed by atoms with Crippen molar-refractivity contribution in [2.24, 2.45) is 0 Å². The minimum Gasteiger partial charge on any atom is -0.477 e. The lowest BCUT2D eigenvalue weighted by Crippen LogP contribution is -2.49. The first-order valence-corrected chi connectivity index (χ1v) is 8.56. The van der Waals surface area contributed by atoms with Crippen molar-refractivity contribution >= 4 is 5.91 Å². The zero-order valence-electron chi connectivity index (χ0n) is 12.9. The molecule has 1 heterocycles. The van der Waals surface area contributed by atoms with Gasteiger partial charge < -0.3 is 15.4 Å². The van der Waals surface area contributed by atoms with Crippen LogP contribution in [-0.4, -0.2) is 30.6 Å². The van der Waals surface area contributed by atoms with Gasteiger partial charge >= 0.3 is 0 Å². The number of ether oxygens (including phenoxy) is 1. The SMILES string of the molecule is O=C(NC1CCNCC1)C1(Oc2ccccc2C2CC2)CC1. The van der Waals surface area contributed by atoms with E-state index in [-0.39, 0.29) is 5.91 Å². The van der Waals surface area contributed by atoms with Gasteiger partial charge in [0.1, 0.15) is 5.75 Å². The number of amides is 1. The summed E-state index contributed by atoms with van der Waals surface area (Å²) in [6.07, 6.45) is 6.19. The van der Waals surface area contributed by atoms with E-state index in [4.69, 9.17) is 4.74 Å². The molecular weight excluding hydrogens is 276 g/mol. The van der Waals surface area contributed by atoms with Crippen LogP contribution < -0.4 is 15.4 Å². The number of carbonyl (C=O) groups excluding carboxylic acids is 1. The molecule has 4 nitrogen and oxygen atoms in total. The summed E-state index contributed by atoms with van der Waals surface area (Å²) in [5, 5.41) is 6.53. The van der Waals surface area contributed by atoms with E-state index in [1.54, 1.807) is 0 Å². The number of nitrogens with one attached hydrogen (secondary N) is 2. The average molecular weight is 300 g/mol. The van der Waals surface area contributed by atoms with Gasteiger partial charge in [0, 0.05) is 18.9 Å². The van der Waals surface area contributed by atoms with Gasteiger partial charge in [-0.05, 0) is 56.3 Å². The summed E-state index contributed by atoms with van der Waals surface area (Å²) in [5.74, 6) is 1.65. The Kier molecular flexibility index (Phi) is 3.57. The molecule has 3 fully saturated rings. The first-order valence-electron chi connectivity index (χ1n) is 8.56. The predicted octanol–water partition coefficient (Wildman–Crippen LogP) is 2.34. The van der Waals surface area contributed by atoms with E-state index in [9.17, 15) is 4.79 Å². The van der Waals surface area contributed by atoms with Crippen LogP contribution in [-0.2, 0) is 4.79 Å². The molecule has 0 radical (unpaired) electrons. The number of para-hydroxylation sites is 1. The van der Waals surface area contributed by atoms with Crippen LogP contribution in [0.2, 0.25) is 0 Å². The summed E-state index contributed by atoms with van der Waals surface area (Å²) in [7, 11) is 0. The minimum atomic E-state index is -0.601. The van der Waals surface area contributed by atoms with Gasteiger partial charge in [-0.3, -0.25) is 4.79 Å². The van der Waals surface area contributed by atoms with Gasteiger partial charge in [-0.15, -0.1) is 0 Å². The molecule has 0 aromatic heterocycles. The fourth-order valence-electron chi connectivity index (χ4n) is 3.29. The standard InChI is InChI=1S/C18H24N2O2/c21-17(20-14-7-11-19-12-8-14)18(9-10-18)22-16-4-2-1-3-15(16)13-5-6-13/h1-4,13-14,19H,5-12H2,(H,20,21). The summed E-state index contributed by atoms with van der Waals surface area (Å²) in [5.41, 5.74) is 0.680. The van der Waals surface area contributed by atoms with Crippen LogP contribution in [0.15, 0.2) is 24.3 Å². The van der Waals surface area contributed by atoms with Crippen LogP contribution in [0.5, 0.6) is 5.75 Å². The monoisotopic (exact) mass is 300 g/mol. The lowest BCUT2D eigenvalue weighted by Gasteiger charge is -2.27. The molecule has 0 spiro atoms. The van der Waals surface area contributed by atoms with Crippen LogP contribution in [0.25, 0.3) is 0 Å². The van der Waals surface area contributed by atoms with Crippen molar-refractivity contribution in [2.75, 3.05) is 13.1 Å². The molecular formula is C18H24N2O2. The summed E-state index contributed by atoms with van der Waals surface area (Å²) in [4.78, 5) is 12.6. The molecule has 1 amide bonds. The van der Waals surface area contributed by atoms with E-state index in [0.29, 0.717) is 12.0 Å². The zero-order chi connectivity index (χ0) is 15.0. The Morgan fingerprint density at radius 1 is 1.14 bits per heavy atom. The third-order valence-electron chi connectivity index (χ3n) is 5.03. The van der Waals surface area contributed by atoms with Crippen LogP contribution >= 0.6 is 0 Å². The van der Waals surface area contributed by atoms with Gasteiger partial charge in [0.25, 0.3) is 5.91 Å². The smallest absolute Gasteiger partial charge is 0.264 e. The Morgan fingerprint density at radius 3 is 2.55 bits per heavy atom. The minimum absolute atomic E-state index is 0.0880. The molecule has 3 aliphatic rings. The van der Waals surface area contributed by atoms with Gasteiger partial charge in [-0.1, -0.05) is 18.2 Å². The number of piperidine rings is 1. The highest BCUT2D eigenvalue weighted by atomic mass is 16.5. The van der Waals surface area contributed by atoms with E-state index in [1.807, 2.05) is 12.1 Å². The van der Waals surface area contributed by atoms with Crippen molar-refractivity contribution in [1.82, 2.24) is 10.6 Å². The van der Waals surface area contributed by atoms with Crippen molar-refractivity contribution in [2.45, 2.75) is 56.1 Å². The molecule has 4 rings (SSSR count). The van der Waals surface area contributed by atoms with Gasteiger partial charge in [0.2, 0.25) is 0 Å². The van der Waals surface area contributed by atoms with Crippen molar-refractivity contribution in [3.05, 3.63) is 29.8 Å². The third-order valence-corrected chi connectivity index (χ3v) is 5.03. The van der Waals surface area contributed by atoms with E-state index in [0.717, 1.165) is 44.5 Å². The molecule has 4 heteroatoms. The molecule has 22 heavy (non-hydrogen) atoms. The molecule has 0 bridgehead atoms. The van der Waals surface area contributed by atoms with Gasteiger partial charge in [-0.25, -0.2) is 0 Å². The number of hydrogen-bond donors (Lipinski definition) is 2. The van der Waals surface area contributed by atoms with Gasteiger partial charge in [0.05, 0.1) is 0 Å². The Bertz CT molecular complexity index is 558. The fourth-order valence-corrected chi connectivity index (χ4v) is 3.29. The zero-order valence-corrected chi connectivity index (χ0v) is 12.9. The highest BCUT2D eigenvalue weighted by molar-refractivity contribution is 5.88. The predicted molar refractivity (Wildman–Crippen MR) is 85.0 cm³/mol. The summed E-state index contributed by atoms with van der Waals surface area (Å²) in [6.45, 7) is 1.98. The number of rotatable bonds is 5. The van der Waals surface area contributed by atoms with Crippen LogP contribution in [0, 0.1) is 0 Å². The van der Waals surface area contributed by atoms with E-state index < -0.39 is 5.60 Å². The molecule has 2 N–H and O–H groups in total. The van der Waals surface area contributed by atoms with Gasteiger partial charge in [0.15, 0.2) is 5.60 Å². The van der Waals surface area contributed by atoms with Crippen molar-refractivity contribution in [3.63, 3.8) is 0 Å². The van der Waals surface area contributed by atoms with Crippen molar-refractivity contribution in [1.29, 1.82) is 0 Å². The maximum Gasteiger partial charge on any atom is 0.264 e. The van der Waals surface area contributed by atoms with Crippen molar-refractivity contribution in [3.8, 4) is 5.75 Å². The molecule has 0 unspecified atom stereocenters. The average Bonchev–Trinajstić information content (AvgIpc) is 3.44. The van der Waals surface area contributed by atoms with Crippen LogP contribution in [0.3, 0.4) is 0 Å². The first-order chi connectivity index (χ1) is 10.8. The molecule has 0 atom stereocenters. The second-order valence-electron chi connectivity index (χ2n) is 6.91. The molecule has 1 aromatic carbocycles. The lowest BCUT2D eigenvalue weighted by atomic mass is 10.1. The van der Waals surface area contributed by atoms with Crippen molar-refractivity contribution < 1.29 is 9.53 Å². The highest BCUT2D eigenvalue weighted by Crippen LogP contribution is 2.47. The van der Waals surface area contributed by atoms with Gasteiger partial charge in [-0.2, -0.15) is 0 Å². The summed E-state index contributed by atoms with van der Waals surface area (Å²) >= 11 is 0. The number of carbonyl (C=O) groups is 1. The highest BCUT2D eigenvalue weighted by Gasteiger charge is 2.53. The summed E-state index contributed by atoms with van der Waals surface area (Å²) < 4.78 is 6.22. The first kappa shape index (κ1) is 14.1. The molecule has 1 aliphatic heterocycles. The molecule has 2 aliphatic carbocycles. The quantitative estimate of drug-likeness (QED) is 0.877. The van der Waals surface area contributed by atoms with E-state index >= 15 is 0 Å². The number of hydrogen-bond acceptors (Lipinski definition) is 3. The molecule has 1 saturated heterocycles. The van der Waals surface area contributed by atoms with Crippen LogP contribution in [0.4, 0.5) is 0 Å². The van der Waals surface area contributed by atoms with E-state index in [1.165, 1.54) is 18.4 Å². The van der Waals surface area contributed by atoms with E-state index in [2.05, 4.69) is 22.8 Å². The normalized spacial score (nSPS) is 23.8. The topological polar surface area (TPSA) is 50.4 Å². The largest absolute Gasteiger partial charge is 0.477 e. The second-order valence-corrected chi connectivity index (χ2v) is 6.91. The molecule has 2 saturated carbocycles. The Morgan fingerprint density at radius 2 is 1.86 bits per heavy atom. The molecule has 1 aromatic rings. The Labute approximate surface area is 131 Å². The number of benzene rings is 1. The Balaban J connectivity index is 1.44. The molecule has 118 valence electrons. The fraction of sp³-hybridized carbons (Fsp3) is 0.611. The summed E-state index contributed by atoms with van der Waals surface area (Å²) in [6, 6.07) is 8.53. The lowest BCUT2D eigenvalue weighted by molar-refractivity contribution is -0.130. The Hall–Kier alpha value is -1.55.